The summed E-state index contributed by atoms with van der Waals surface area (Å²) in [6.07, 6.45) is 0. The number of hydrogen-bond donors (Lipinski definition) is 0. The topological polar surface area (TPSA) is 35.6 Å². The van der Waals surface area contributed by atoms with Crippen LogP contribution in [0.4, 0.5) is 0 Å². The maximum absolute atomic E-state index is 5.82. The lowest BCUT2D eigenvalue weighted by molar-refractivity contribution is 0.792. The molecule has 3 heterocycles. The minimum absolute atomic E-state index is 0.697. The Morgan fingerprint density at radius 2 is 0.418 bits per heavy atom. The lowest BCUT2D eigenvalue weighted by Crippen LogP contribution is -2.26. The summed E-state index contributed by atoms with van der Waals surface area (Å²) >= 11 is 0. The lowest BCUT2D eigenvalue weighted by atomic mass is 9.70. The standard InChI is InChI=1S/C106H64N4/c1-5-23-65(24-6-1)69-43-53-99-85(57-69)86-58-70(66-25-7-2-8-26-66)44-54-100(86)109(99)75-47-51-83-81-49-41-73(61-93(81)105(95(83)63-75)89-35-17-13-31-77(89)78-32-14-18-36-90(78)105)103-104(108-98-40-22-21-39-97(98)107-103)74-42-50-82-84-52-48-76(64-96(84)106(94(82)62-74)91-37-19-15-33-79(91)80-34-16-20-38-92(80)106)110-101-55-45-71(67-27-9-3-10-28-67)59-87(101)88-60-72(46-56-102(88)110)68-29-11-4-12-30-68/h1-64H. The minimum Gasteiger partial charge on any atom is -0.309 e. The van der Waals surface area contributed by atoms with Crippen molar-refractivity contribution in [1.29, 1.82) is 0 Å². The van der Waals surface area contributed by atoms with Crippen molar-refractivity contribution in [1.82, 2.24) is 19.1 Å². The Morgan fingerprint density at radius 1 is 0.173 bits per heavy atom. The second kappa shape index (κ2) is 23.1. The number of para-hydroxylation sites is 2. The van der Waals surface area contributed by atoms with Crippen LogP contribution in [-0.4, -0.2) is 19.1 Å². The van der Waals surface area contributed by atoms with Crippen molar-refractivity contribution >= 4 is 54.6 Å². The average molecular weight is 1390 g/mol. The molecule has 0 fully saturated rings. The van der Waals surface area contributed by atoms with E-state index in [0.29, 0.717) is 0 Å². The summed E-state index contributed by atoms with van der Waals surface area (Å²) in [5.74, 6) is 0. The fourth-order valence-electron chi connectivity index (χ4n) is 20.1. The molecule has 24 rings (SSSR count). The van der Waals surface area contributed by atoms with E-state index in [9.17, 15) is 0 Å². The summed E-state index contributed by atoms with van der Waals surface area (Å²) in [6, 6.07) is 145. The molecule has 508 valence electrons. The SMILES string of the molecule is c1ccc(-c2ccc3c(c2)c2cc(-c4ccccc4)ccc2n3-c2ccc3c(c2)C2(c4ccccc4-c4ccccc42)c2cc(-c4nc5ccccc5nc4-c4ccc5c(c4)C4(c6ccccc6-c6ccccc64)c4cc(-n6c7ccc(-c8ccccc8)cc7c7cc(-c8ccccc8)ccc76)ccc4-5)ccc2-3)cc1. The zero-order valence-electron chi connectivity index (χ0n) is 59.7. The first-order chi connectivity index (χ1) is 54.5. The largest absolute Gasteiger partial charge is 0.309 e. The van der Waals surface area contributed by atoms with Gasteiger partial charge in [-0.3, -0.25) is 0 Å². The Balaban J connectivity index is 0.700. The minimum atomic E-state index is -0.697. The molecule has 0 N–H and O–H groups in total. The van der Waals surface area contributed by atoms with Crippen LogP contribution < -0.4 is 0 Å². The van der Waals surface area contributed by atoms with Gasteiger partial charge in [-0.15, -0.1) is 0 Å². The second-order valence-corrected chi connectivity index (χ2v) is 30.1. The molecule has 110 heavy (non-hydrogen) atoms. The van der Waals surface area contributed by atoms with E-state index in [1.165, 1.54) is 155 Å². The van der Waals surface area contributed by atoms with E-state index in [-0.39, 0.29) is 0 Å². The molecule has 0 amide bonds. The molecule has 0 aliphatic heterocycles. The first-order valence-corrected chi connectivity index (χ1v) is 38.2. The molecule has 2 spiro atoms. The molecule has 0 radical (unpaired) electrons. The molecule has 17 aromatic carbocycles. The maximum atomic E-state index is 5.82. The molecule has 0 unspecified atom stereocenters. The van der Waals surface area contributed by atoms with Gasteiger partial charge in [0.05, 0.1) is 55.3 Å². The quantitative estimate of drug-likeness (QED) is 0.152. The molecule has 0 atom stereocenters. The van der Waals surface area contributed by atoms with Crippen LogP contribution in [-0.2, 0) is 10.8 Å². The second-order valence-electron chi connectivity index (χ2n) is 30.1. The van der Waals surface area contributed by atoms with Gasteiger partial charge in [-0.25, -0.2) is 9.97 Å². The predicted octanol–water partition coefficient (Wildman–Crippen LogP) is 26.5. The Kier molecular flexibility index (Phi) is 12.8. The fourth-order valence-corrected chi connectivity index (χ4v) is 20.1. The molecule has 4 nitrogen and oxygen atoms in total. The third kappa shape index (κ3) is 8.45. The van der Waals surface area contributed by atoms with Crippen molar-refractivity contribution in [3.8, 4) is 123 Å². The van der Waals surface area contributed by atoms with Gasteiger partial charge in [-0.05, 0) is 231 Å². The molecular formula is C106H64N4. The molecule has 4 aliphatic rings. The van der Waals surface area contributed by atoms with Crippen molar-refractivity contribution < 1.29 is 0 Å². The van der Waals surface area contributed by atoms with Crippen LogP contribution in [0, 0.1) is 0 Å². The van der Waals surface area contributed by atoms with Gasteiger partial charge in [-0.2, -0.15) is 0 Å². The highest BCUT2D eigenvalue weighted by atomic mass is 15.0. The van der Waals surface area contributed by atoms with Crippen LogP contribution in [0.3, 0.4) is 0 Å². The molecule has 0 bridgehead atoms. The smallest absolute Gasteiger partial charge is 0.0973 e. The van der Waals surface area contributed by atoms with E-state index >= 15 is 0 Å². The van der Waals surface area contributed by atoms with Crippen molar-refractivity contribution in [3.63, 3.8) is 0 Å². The summed E-state index contributed by atoms with van der Waals surface area (Å²) in [7, 11) is 0. The molecule has 20 aromatic rings. The van der Waals surface area contributed by atoms with Gasteiger partial charge < -0.3 is 9.13 Å². The van der Waals surface area contributed by atoms with Gasteiger partial charge in [0, 0.05) is 44.0 Å². The Hall–Kier alpha value is -14.3. The van der Waals surface area contributed by atoms with Crippen molar-refractivity contribution in [2.24, 2.45) is 0 Å². The van der Waals surface area contributed by atoms with Crippen molar-refractivity contribution in [2.45, 2.75) is 10.8 Å². The summed E-state index contributed by atoms with van der Waals surface area (Å²) in [6.45, 7) is 0. The summed E-state index contributed by atoms with van der Waals surface area (Å²) < 4.78 is 5.02. The Morgan fingerprint density at radius 3 is 0.727 bits per heavy atom. The molecule has 4 heteroatoms. The van der Waals surface area contributed by atoms with E-state index < -0.39 is 10.8 Å². The Labute approximate surface area is 636 Å². The lowest BCUT2D eigenvalue weighted by Gasteiger charge is -2.31. The predicted molar refractivity (Wildman–Crippen MR) is 453 cm³/mol. The molecular weight excluding hydrogens is 1330 g/mol. The molecule has 4 aliphatic carbocycles. The van der Waals surface area contributed by atoms with Gasteiger partial charge in [0.1, 0.15) is 0 Å². The first-order valence-electron chi connectivity index (χ1n) is 38.2. The molecule has 3 aromatic heterocycles. The van der Waals surface area contributed by atoms with Gasteiger partial charge >= 0.3 is 0 Å². The van der Waals surface area contributed by atoms with Crippen molar-refractivity contribution in [2.75, 3.05) is 0 Å². The number of nitrogens with zero attached hydrogens (tertiary/aromatic N) is 4. The normalized spacial score (nSPS) is 13.4. The summed E-state index contributed by atoms with van der Waals surface area (Å²) in [4.78, 5) is 11.6. The monoisotopic (exact) mass is 1390 g/mol. The highest BCUT2D eigenvalue weighted by Gasteiger charge is 2.54. The van der Waals surface area contributed by atoms with Gasteiger partial charge in [-0.1, -0.05) is 291 Å². The molecule has 0 saturated heterocycles. The van der Waals surface area contributed by atoms with E-state index in [1.807, 2.05) is 0 Å². The van der Waals surface area contributed by atoms with Crippen molar-refractivity contribution in [3.05, 3.63) is 433 Å². The van der Waals surface area contributed by atoms with Gasteiger partial charge in [0.2, 0.25) is 0 Å². The van der Waals surface area contributed by atoms with E-state index in [1.54, 1.807) is 0 Å². The first kappa shape index (κ1) is 60.9. The van der Waals surface area contributed by atoms with Gasteiger partial charge in [0.15, 0.2) is 0 Å². The van der Waals surface area contributed by atoms with Crippen LogP contribution in [0.25, 0.3) is 178 Å². The van der Waals surface area contributed by atoms with Crippen LogP contribution in [0.5, 0.6) is 0 Å². The summed E-state index contributed by atoms with van der Waals surface area (Å²) in [5, 5.41) is 4.86. The van der Waals surface area contributed by atoms with E-state index in [4.69, 9.17) is 9.97 Å². The highest BCUT2D eigenvalue weighted by molar-refractivity contribution is 6.14. The maximum Gasteiger partial charge on any atom is 0.0973 e. The number of hydrogen-bond acceptors (Lipinski definition) is 2. The van der Waals surface area contributed by atoms with E-state index in [2.05, 4.69) is 397 Å². The highest BCUT2D eigenvalue weighted by Crippen LogP contribution is 2.66. The summed E-state index contributed by atoms with van der Waals surface area (Å²) in [5.41, 5.74) is 40.4. The van der Waals surface area contributed by atoms with E-state index in [0.717, 1.165) is 67.0 Å². The Bertz CT molecular complexity index is 6600. The van der Waals surface area contributed by atoms with Crippen LogP contribution in [0.1, 0.15) is 44.5 Å². The zero-order valence-corrected chi connectivity index (χ0v) is 59.7. The third-order valence-electron chi connectivity index (χ3n) is 24.7. The third-order valence-corrected chi connectivity index (χ3v) is 24.7. The number of rotatable bonds is 8. The molecule has 0 saturated carbocycles. The average Bonchev–Trinajstić information content (AvgIpc) is 1.51. The fraction of sp³-hybridized carbons (Fsp3) is 0.0189. The number of aromatic nitrogens is 4. The van der Waals surface area contributed by atoms with Crippen LogP contribution in [0.15, 0.2) is 388 Å². The van der Waals surface area contributed by atoms with Crippen LogP contribution in [0.2, 0.25) is 0 Å². The zero-order chi connectivity index (χ0) is 71.9. The van der Waals surface area contributed by atoms with Gasteiger partial charge in [0.25, 0.3) is 0 Å². The van der Waals surface area contributed by atoms with Crippen LogP contribution >= 0.6 is 0 Å². The number of fused-ring (bicyclic) bond motifs is 27. The number of benzene rings is 17.